The molecule has 2 heterocycles. The van der Waals surface area contributed by atoms with Crippen LogP contribution in [0.2, 0.25) is 0 Å². The van der Waals surface area contributed by atoms with Crippen LogP contribution in [0.15, 0.2) is 5.38 Å². The minimum absolute atomic E-state index is 0.214. The van der Waals surface area contributed by atoms with Crippen molar-refractivity contribution in [1.82, 2.24) is 9.88 Å². The number of nitrogens with zero attached hydrogens (tertiary/aromatic N) is 2. The van der Waals surface area contributed by atoms with Crippen molar-refractivity contribution < 1.29 is 4.79 Å². The highest BCUT2D eigenvalue weighted by Gasteiger charge is 2.20. The van der Waals surface area contributed by atoms with Crippen molar-refractivity contribution in [3.8, 4) is 0 Å². The lowest BCUT2D eigenvalue weighted by molar-refractivity contribution is -0.131. The molecule has 2 N–H and O–H groups in total. The molecule has 1 aliphatic heterocycles. The lowest BCUT2D eigenvalue weighted by atomic mass is 9.99. The van der Waals surface area contributed by atoms with Gasteiger partial charge in [0, 0.05) is 24.9 Å². The number of thiazole rings is 1. The Hall–Kier alpha value is -0.940. The van der Waals surface area contributed by atoms with Gasteiger partial charge in [0.05, 0.1) is 17.1 Å². The number of carbonyl (C=O) groups is 1. The average molecular weight is 267 g/mol. The first kappa shape index (κ1) is 13.5. The lowest BCUT2D eigenvalue weighted by Gasteiger charge is -2.30. The summed E-state index contributed by atoms with van der Waals surface area (Å²) in [4.78, 5) is 18.5. The van der Waals surface area contributed by atoms with Crippen molar-refractivity contribution in [1.29, 1.82) is 0 Å². The number of nitrogens with two attached hydrogens (primary N) is 1. The highest BCUT2D eigenvalue weighted by molar-refractivity contribution is 7.09. The second-order valence-electron chi connectivity index (χ2n) is 5.01. The predicted molar refractivity (Wildman–Crippen MR) is 73.6 cm³/mol. The SMILES string of the molecule is CC1CCN(C(=O)Cc2csc(CCN)n2)CC1. The molecule has 0 atom stereocenters. The van der Waals surface area contributed by atoms with Crippen molar-refractivity contribution in [3.05, 3.63) is 16.1 Å². The monoisotopic (exact) mass is 267 g/mol. The molecule has 1 aromatic rings. The quantitative estimate of drug-likeness (QED) is 0.898. The van der Waals surface area contributed by atoms with Crippen molar-refractivity contribution in [2.75, 3.05) is 19.6 Å². The van der Waals surface area contributed by atoms with Gasteiger partial charge >= 0.3 is 0 Å². The van der Waals surface area contributed by atoms with Gasteiger partial charge in [-0.15, -0.1) is 11.3 Å². The van der Waals surface area contributed by atoms with Gasteiger partial charge in [0.2, 0.25) is 5.91 Å². The summed E-state index contributed by atoms with van der Waals surface area (Å²) in [5, 5.41) is 3.02. The van der Waals surface area contributed by atoms with Gasteiger partial charge in [0.25, 0.3) is 0 Å². The first-order valence-electron chi connectivity index (χ1n) is 6.60. The molecule has 0 aromatic carbocycles. The van der Waals surface area contributed by atoms with Crippen molar-refractivity contribution in [2.45, 2.75) is 32.6 Å². The molecule has 4 nitrogen and oxygen atoms in total. The van der Waals surface area contributed by atoms with Crippen LogP contribution in [0.25, 0.3) is 0 Å². The van der Waals surface area contributed by atoms with Crippen LogP contribution in [0.5, 0.6) is 0 Å². The molecule has 1 saturated heterocycles. The molecule has 1 aromatic heterocycles. The topological polar surface area (TPSA) is 59.2 Å². The standard InChI is InChI=1S/C13H21N3OS/c1-10-3-6-16(7-4-10)13(17)8-11-9-18-12(15-11)2-5-14/h9-10H,2-8,14H2,1H3. The van der Waals surface area contributed by atoms with Gasteiger partial charge in [-0.05, 0) is 25.3 Å². The van der Waals surface area contributed by atoms with E-state index in [1.807, 2.05) is 10.3 Å². The number of hydrogen-bond acceptors (Lipinski definition) is 4. The number of rotatable bonds is 4. The van der Waals surface area contributed by atoms with Crippen LogP contribution >= 0.6 is 11.3 Å². The zero-order valence-electron chi connectivity index (χ0n) is 10.9. The van der Waals surface area contributed by atoms with E-state index in [1.54, 1.807) is 11.3 Å². The van der Waals surface area contributed by atoms with Crippen LogP contribution in [-0.4, -0.2) is 35.4 Å². The van der Waals surface area contributed by atoms with E-state index < -0.39 is 0 Å². The normalized spacial score (nSPS) is 17.1. The molecule has 0 unspecified atom stereocenters. The third-order valence-electron chi connectivity index (χ3n) is 3.43. The Bertz CT molecular complexity index is 397. The Labute approximate surface area is 112 Å². The maximum Gasteiger partial charge on any atom is 0.228 e. The largest absolute Gasteiger partial charge is 0.342 e. The first-order valence-corrected chi connectivity index (χ1v) is 7.48. The Kier molecular flexibility index (Phi) is 4.72. The summed E-state index contributed by atoms with van der Waals surface area (Å²) in [5.41, 5.74) is 6.39. The van der Waals surface area contributed by atoms with E-state index in [9.17, 15) is 4.79 Å². The van der Waals surface area contributed by atoms with Gasteiger partial charge < -0.3 is 10.6 Å². The Morgan fingerprint density at radius 2 is 2.28 bits per heavy atom. The van der Waals surface area contributed by atoms with Gasteiger partial charge in [-0.3, -0.25) is 4.79 Å². The van der Waals surface area contributed by atoms with Gasteiger partial charge in [0.1, 0.15) is 0 Å². The molecule has 100 valence electrons. The summed E-state index contributed by atoms with van der Waals surface area (Å²) in [7, 11) is 0. The fourth-order valence-electron chi connectivity index (χ4n) is 2.19. The number of amides is 1. The molecular weight excluding hydrogens is 246 g/mol. The van der Waals surface area contributed by atoms with Crippen molar-refractivity contribution in [3.63, 3.8) is 0 Å². The average Bonchev–Trinajstić information content (AvgIpc) is 2.78. The third-order valence-corrected chi connectivity index (χ3v) is 4.38. The molecule has 1 fully saturated rings. The second-order valence-corrected chi connectivity index (χ2v) is 5.95. The summed E-state index contributed by atoms with van der Waals surface area (Å²) in [6.07, 6.45) is 3.50. The molecule has 0 radical (unpaired) electrons. The number of aromatic nitrogens is 1. The van der Waals surface area contributed by atoms with Crippen molar-refractivity contribution >= 4 is 17.2 Å². The molecule has 1 aliphatic rings. The van der Waals surface area contributed by atoms with E-state index in [2.05, 4.69) is 11.9 Å². The maximum atomic E-state index is 12.1. The lowest BCUT2D eigenvalue weighted by Crippen LogP contribution is -2.38. The van der Waals surface area contributed by atoms with E-state index in [-0.39, 0.29) is 5.91 Å². The summed E-state index contributed by atoms with van der Waals surface area (Å²) in [6.45, 7) is 4.67. The minimum atomic E-state index is 0.214. The summed E-state index contributed by atoms with van der Waals surface area (Å²) >= 11 is 1.60. The summed E-state index contributed by atoms with van der Waals surface area (Å²) in [6, 6.07) is 0. The van der Waals surface area contributed by atoms with Crippen LogP contribution in [0, 0.1) is 5.92 Å². The van der Waals surface area contributed by atoms with E-state index in [0.717, 1.165) is 49.0 Å². The van der Waals surface area contributed by atoms with Gasteiger partial charge in [0.15, 0.2) is 0 Å². The zero-order valence-corrected chi connectivity index (χ0v) is 11.7. The van der Waals surface area contributed by atoms with E-state index >= 15 is 0 Å². The Morgan fingerprint density at radius 1 is 1.56 bits per heavy atom. The highest BCUT2D eigenvalue weighted by Crippen LogP contribution is 2.17. The fourth-order valence-corrected chi connectivity index (χ4v) is 3.01. The maximum absolute atomic E-state index is 12.1. The van der Waals surface area contributed by atoms with Crippen LogP contribution in [0.3, 0.4) is 0 Å². The smallest absolute Gasteiger partial charge is 0.228 e. The number of piperidine rings is 1. The van der Waals surface area contributed by atoms with Gasteiger partial charge in [-0.2, -0.15) is 0 Å². The van der Waals surface area contributed by atoms with Crippen LogP contribution < -0.4 is 5.73 Å². The third kappa shape index (κ3) is 3.53. The molecule has 0 aliphatic carbocycles. The molecular formula is C13H21N3OS. The van der Waals surface area contributed by atoms with Gasteiger partial charge in [-0.25, -0.2) is 4.98 Å². The zero-order chi connectivity index (χ0) is 13.0. The molecule has 0 bridgehead atoms. The van der Waals surface area contributed by atoms with Crippen LogP contribution in [0.1, 0.15) is 30.5 Å². The van der Waals surface area contributed by atoms with Crippen LogP contribution in [0.4, 0.5) is 0 Å². The highest BCUT2D eigenvalue weighted by atomic mass is 32.1. The number of hydrogen-bond donors (Lipinski definition) is 1. The molecule has 2 rings (SSSR count). The molecule has 5 heteroatoms. The van der Waals surface area contributed by atoms with E-state index in [0.29, 0.717) is 13.0 Å². The molecule has 1 amide bonds. The van der Waals surface area contributed by atoms with E-state index in [4.69, 9.17) is 5.73 Å². The van der Waals surface area contributed by atoms with E-state index in [1.165, 1.54) is 0 Å². The Balaban J connectivity index is 1.86. The minimum Gasteiger partial charge on any atom is -0.342 e. The second kappa shape index (κ2) is 6.29. The summed E-state index contributed by atoms with van der Waals surface area (Å²) in [5.74, 6) is 0.968. The number of likely N-dealkylation sites (tertiary alicyclic amines) is 1. The van der Waals surface area contributed by atoms with Gasteiger partial charge in [-0.1, -0.05) is 6.92 Å². The fraction of sp³-hybridized carbons (Fsp3) is 0.692. The Morgan fingerprint density at radius 3 is 2.94 bits per heavy atom. The molecule has 0 spiro atoms. The molecule has 0 saturated carbocycles. The number of carbonyl (C=O) groups excluding carboxylic acids is 1. The van der Waals surface area contributed by atoms with Crippen LogP contribution in [-0.2, 0) is 17.6 Å². The van der Waals surface area contributed by atoms with Crippen molar-refractivity contribution in [2.24, 2.45) is 11.7 Å². The summed E-state index contributed by atoms with van der Waals surface area (Å²) < 4.78 is 0. The predicted octanol–water partition coefficient (Wildman–Crippen LogP) is 1.45. The first-order chi connectivity index (χ1) is 8.69. The molecule has 18 heavy (non-hydrogen) atoms.